The molecule has 0 saturated carbocycles. The van der Waals surface area contributed by atoms with Gasteiger partial charge in [0, 0.05) is 37.0 Å². The molecule has 2 aliphatic heterocycles. The summed E-state index contributed by atoms with van der Waals surface area (Å²) in [6.07, 6.45) is 5.36. The van der Waals surface area contributed by atoms with Crippen LogP contribution in [0.2, 0.25) is 0 Å². The Kier molecular flexibility index (Phi) is 7.57. The van der Waals surface area contributed by atoms with Crippen molar-refractivity contribution in [1.82, 2.24) is 15.2 Å². The summed E-state index contributed by atoms with van der Waals surface area (Å²) in [5.74, 6) is 0.447. The third-order valence-electron chi connectivity index (χ3n) is 6.75. The normalized spacial score (nSPS) is 21.4. The fourth-order valence-corrected chi connectivity index (χ4v) is 4.90. The zero-order valence-corrected chi connectivity index (χ0v) is 19.3. The van der Waals surface area contributed by atoms with E-state index in [9.17, 15) is 9.59 Å². The van der Waals surface area contributed by atoms with Gasteiger partial charge in [0.1, 0.15) is 5.84 Å². The van der Waals surface area contributed by atoms with E-state index in [-0.39, 0.29) is 11.5 Å². The smallest absolute Gasteiger partial charge is 0.347 e. The molecule has 8 heteroatoms. The minimum absolute atomic E-state index is 0.0719. The third kappa shape index (κ3) is 5.89. The molecule has 2 aliphatic rings. The van der Waals surface area contributed by atoms with Crippen LogP contribution in [0.1, 0.15) is 39.0 Å². The van der Waals surface area contributed by atoms with E-state index in [0.717, 1.165) is 63.8 Å². The fraction of sp³-hybridized carbons (Fsp3) is 0.480. The van der Waals surface area contributed by atoms with Crippen LogP contribution in [0, 0.1) is 5.92 Å². The van der Waals surface area contributed by atoms with Crippen molar-refractivity contribution in [2.24, 2.45) is 16.6 Å². The van der Waals surface area contributed by atoms with Gasteiger partial charge in [0.25, 0.3) is 0 Å². The van der Waals surface area contributed by atoms with E-state index in [0.29, 0.717) is 17.0 Å². The highest BCUT2D eigenvalue weighted by molar-refractivity contribution is 6.04. The number of amidine groups is 1. The van der Waals surface area contributed by atoms with Gasteiger partial charge in [-0.15, -0.1) is 0 Å². The molecule has 2 saturated heterocycles. The van der Waals surface area contributed by atoms with Gasteiger partial charge < -0.3 is 26.3 Å². The number of pyridine rings is 1. The number of urea groups is 1. The van der Waals surface area contributed by atoms with Gasteiger partial charge >= 0.3 is 6.03 Å². The van der Waals surface area contributed by atoms with Crippen LogP contribution in [-0.2, 0) is 0 Å². The Morgan fingerprint density at radius 2 is 2.18 bits per heavy atom. The zero-order chi connectivity index (χ0) is 23.2. The van der Waals surface area contributed by atoms with Crippen molar-refractivity contribution in [2.75, 3.05) is 38.0 Å². The summed E-state index contributed by atoms with van der Waals surface area (Å²) in [4.78, 5) is 33.6. The van der Waals surface area contributed by atoms with Crippen LogP contribution < -0.4 is 21.9 Å². The van der Waals surface area contributed by atoms with Crippen LogP contribution in [0.25, 0.3) is 10.9 Å². The monoisotopic (exact) mass is 450 g/mol. The Labute approximate surface area is 194 Å². The van der Waals surface area contributed by atoms with Crippen molar-refractivity contribution in [1.29, 1.82) is 0 Å². The number of rotatable bonds is 6. The minimum Gasteiger partial charge on any atom is -0.387 e. The van der Waals surface area contributed by atoms with E-state index in [1.54, 1.807) is 23.3 Å². The lowest BCUT2D eigenvalue weighted by Crippen LogP contribution is -2.42. The number of fused-ring (bicyclic) bond motifs is 1. The molecule has 0 radical (unpaired) electrons. The molecule has 1 aromatic heterocycles. The molecular weight excluding hydrogens is 416 g/mol. The van der Waals surface area contributed by atoms with Gasteiger partial charge in [-0.05, 0) is 57.3 Å². The second kappa shape index (κ2) is 10.8. The molecule has 1 aromatic carbocycles. The van der Waals surface area contributed by atoms with Gasteiger partial charge in [0.15, 0.2) is 0 Å². The maximum atomic E-state index is 12.6. The quantitative estimate of drug-likeness (QED) is 0.306. The molecule has 1 atom stereocenters. The van der Waals surface area contributed by atoms with Gasteiger partial charge in [0.05, 0.1) is 11.2 Å². The van der Waals surface area contributed by atoms with Crippen molar-refractivity contribution < 1.29 is 4.79 Å². The number of para-hydroxylation sites is 1. The number of carbonyl (C=O) groups excluding carboxylic acids is 1. The summed E-state index contributed by atoms with van der Waals surface area (Å²) in [5, 5.41) is 7.04. The largest absolute Gasteiger partial charge is 0.387 e. The van der Waals surface area contributed by atoms with Crippen molar-refractivity contribution in [3.8, 4) is 0 Å². The topological polar surface area (TPSA) is 116 Å². The van der Waals surface area contributed by atoms with Gasteiger partial charge in [-0.25, -0.2) is 4.79 Å². The number of aromatic nitrogens is 1. The van der Waals surface area contributed by atoms with Crippen LogP contribution in [-0.4, -0.2) is 54.5 Å². The highest BCUT2D eigenvalue weighted by Crippen LogP contribution is 2.23. The van der Waals surface area contributed by atoms with Crippen LogP contribution in [0.5, 0.6) is 0 Å². The van der Waals surface area contributed by atoms with E-state index >= 15 is 0 Å². The first-order valence-electron chi connectivity index (χ1n) is 11.9. The number of carbonyl (C=O) groups is 1. The second-order valence-corrected chi connectivity index (χ2v) is 8.94. The van der Waals surface area contributed by atoms with Crippen LogP contribution in [0.3, 0.4) is 0 Å². The van der Waals surface area contributed by atoms with Gasteiger partial charge in [-0.3, -0.25) is 4.79 Å². The number of nitrogens with one attached hydrogen (secondary N) is 3. The van der Waals surface area contributed by atoms with E-state index < -0.39 is 6.03 Å². The van der Waals surface area contributed by atoms with E-state index in [1.807, 2.05) is 12.1 Å². The van der Waals surface area contributed by atoms with E-state index in [1.165, 1.54) is 12.5 Å². The molecule has 3 heterocycles. The van der Waals surface area contributed by atoms with Crippen molar-refractivity contribution in [3.05, 3.63) is 51.8 Å². The molecule has 2 aromatic rings. The van der Waals surface area contributed by atoms with E-state index in [4.69, 9.17) is 5.73 Å². The summed E-state index contributed by atoms with van der Waals surface area (Å²) in [7, 11) is 0. The average molecular weight is 451 g/mol. The Bertz CT molecular complexity index is 1110. The number of nitrogens with two attached hydrogens (primary N) is 1. The van der Waals surface area contributed by atoms with E-state index in [2.05, 4.69) is 32.4 Å². The Hall–Kier alpha value is -2.97. The number of anilines is 1. The second-order valence-electron chi connectivity index (χ2n) is 8.94. The molecular formula is C25H34N6O2. The highest BCUT2D eigenvalue weighted by Gasteiger charge is 2.24. The SMILES string of the molecule is CC/C(CCN1CCCC(/C(N)=N/C(=O)Nc2cccc3ccc(=O)[nH]c23)C1)=C1\CCNC1. The fourth-order valence-electron chi connectivity index (χ4n) is 4.90. The molecule has 33 heavy (non-hydrogen) atoms. The lowest BCUT2D eigenvalue weighted by molar-refractivity contribution is 0.205. The number of nitrogens with zero attached hydrogens (tertiary/aromatic N) is 2. The molecule has 0 spiro atoms. The predicted molar refractivity (Wildman–Crippen MR) is 134 cm³/mol. The number of H-pyrrole nitrogens is 1. The van der Waals surface area contributed by atoms with Crippen LogP contribution in [0.15, 0.2) is 51.3 Å². The average Bonchev–Trinajstić information content (AvgIpc) is 3.35. The summed E-state index contributed by atoms with van der Waals surface area (Å²) in [6.45, 7) is 7.28. The maximum Gasteiger partial charge on any atom is 0.347 e. The first-order chi connectivity index (χ1) is 16.0. The molecule has 5 N–H and O–H groups in total. The van der Waals surface area contributed by atoms with Crippen molar-refractivity contribution >= 4 is 28.5 Å². The van der Waals surface area contributed by atoms with Crippen molar-refractivity contribution in [2.45, 2.75) is 39.0 Å². The highest BCUT2D eigenvalue weighted by atomic mass is 16.2. The Balaban J connectivity index is 1.37. The number of hydrogen-bond acceptors (Lipinski definition) is 4. The van der Waals surface area contributed by atoms with Gasteiger partial charge in [0.2, 0.25) is 5.56 Å². The lowest BCUT2D eigenvalue weighted by atomic mass is 9.95. The maximum absolute atomic E-state index is 12.6. The van der Waals surface area contributed by atoms with Crippen LogP contribution in [0.4, 0.5) is 10.5 Å². The summed E-state index contributed by atoms with van der Waals surface area (Å²) in [6, 6.07) is 8.10. The number of piperidine rings is 1. The van der Waals surface area contributed by atoms with Crippen LogP contribution >= 0.6 is 0 Å². The summed E-state index contributed by atoms with van der Waals surface area (Å²) < 4.78 is 0. The van der Waals surface area contributed by atoms with Gasteiger partial charge in [-0.1, -0.05) is 30.2 Å². The Morgan fingerprint density at radius 1 is 1.30 bits per heavy atom. The molecule has 4 rings (SSSR count). The molecule has 176 valence electrons. The number of amides is 2. The number of likely N-dealkylation sites (tertiary alicyclic amines) is 1. The zero-order valence-electron chi connectivity index (χ0n) is 19.3. The standard InChI is InChI=1S/C25H34N6O2/c1-2-17(19-10-12-27-15-19)11-14-31-13-4-6-20(16-31)24(26)30-25(33)28-21-7-3-5-18-8-9-22(32)29-23(18)21/h3,5,7-9,20,27H,2,4,6,10-16H2,1H3,(H,29,32)(H3,26,28,30,33)/b19-17-. The summed E-state index contributed by atoms with van der Waals surface area (Å²) in [5.41, 5.74) is 10.3. The molecule has 0 bridgehead atoms. The molecule has 8 nitrogen and oxygen atoms in total. The van der Waals surface area contributed by atoms with Gasteiger partial charge in [-0.2, -0.15) is 4.99 Å². The first kappa shape index (κ1) is 23.2. The molecule has 2 amide bonds. The number of hydrogen-bond donors (Lipinski definition) is 4. The predicted octanol–water partition coefficient (Wildman–Crippen LogP) is 3.22. The number of benzene rings is 1. The first-order valence-corrected chi connectivity index (χ1v) is 11.9. The number of aliphatic imine (C=N–C) groups is 1. The minimum atomic E-state index is -0.520. The van der Waals surface area contributed by atoms with Crippen molar-refractivity contribution in [3.63, 3.8) is 0 Å². The third-order valence-corrected chi connectivity index (χ3v) is 6.75. The Morgan fingerprint density at radius 3 is 2.97 bits per heavy atom. The molecule has 0 aliphatic carbocycles. The molecule has 1 unspecified atom stereocenters. The number of aromatic amines is 1. The molecule has 2 fully saturated rings. The summed E-state index contributed by atoms with van der Waals surface area (Å²) >= 11 is 0. The lowest BCUT2D eigenvalue weighted by Gasteiger charge is -2.32.